The number of hydrogen-bond acceptors (Lipinski definition) is 5. The van der Waals surface area contributed by atoms with Gasteiger partial charge in [-0.1, -0.05) is 12.1 Å². The van der Waals surface area contributed by atoms with Crippen LogP contribution in [0.3, 0.4) is 0 Å². The zero-order valence-electron chi connectivity index (χ0n) is 12.9. The predicted octanol–water partition coefficient (Wildman–Crippen LogP) is 2.03. The molecule has 5 nitrogen and oxygen atoms in total. The fourth-order valence-corrected chi connectivity index (χ4v) is 1.87. The van der Waals surface area contributed by atoms with E-state index in [4.69, 9.17) is 14.7 Å². The number of aliphatic hydroxyl groups is 1. The highest BCUT2D eigenvalue weighted by Gasteiger charge is 2.20. The maximum Gasteiger partial charge on any atom is 0.174 e. The summed E-state index contributed by atoms with van der Waals surface area (Å²) in [6.07, 6.45) is 0.587. The molecule has 0 bridgehead atoms. The van der Waals surface area contributed by atoms with Gasteiger partial charge in [0.1, 0.15) is 11.8 Å². The molecule has 5 heteroatoms. The smallest absolute Gasteiger partial charge is 0.174 e. The number of nitriles is 1. The third kappa shape index (κ3) is 6.58. The fraction of sp³-hybridized carbons (Fsp3) is 0.562. The van der Waals surface area contributed by atoms with Crippen molar-refractivity contribution in [3.05, 3.63) is 29.8 Å². The first-order valence-electron chi connectivity index (χ1n) is 7.03. The molecule has 0 aromatic heterocycles. The summed E-state index contributed by atoms with van der Waals surface area (Å²) in [5.74, 6) is 0.680. The lowest BCUT2D eigenvalue weighted by Crippen LogP contribution is -2.39. The third-order valence-electron chi connectivity index (χ3n) is 3.32. The van der Waals surface area contributed by atoms with Gasteiger partial charge in [0.25, 0.3) is 0 Å². The number of benzene rings is 1. The van der Waals surface area contributed by atoms with Crippen molar-refractivity contribution in [3.63, 3.8) is 0 Å². The second-order valence-corrected chi connectivity index (χ2v) is 5.36. The van der Waals surface area contributed by atoms with E-state index in [-0.39, 0.29) is 12.6 Å². The minimum atomic E-state index is -0.792. The Kier molecular flexibility index (Phi) is 7.17. The van der Waals surface area contributed by atoms with E-state index in [1.807, 2.05) is 37.3 Å². The number of hydrogen-bond donors (Lipinski definition) is 2. The van der Waals surface area contributed by atoms with Gasteiger partial charge in [-0.3, -0.25) is 0 Å². The van der Waals surface area contributed by atoms with Gasteiger partial charge in [0.05, 0.1) is 5.60 Å². The first kappa shape index (κ1) is 17.4. The lowest BCUT2D eigenvalue weighted by atomic mass is 10.0. The predicted molar refractivity (Wildman–Crippen MR) is 81.1 cm³/mol. The summed E-state index contributed by atoms with van der Waals surface area (Å²) in [7, 11) is 1.63. The highest BCUT2D eigenvalue weighted by Crippen LogP contribution is 2.18. The van der Waals surface area contributed by atoms with E-state index < -0.39 is 5.60 Å². The summed E-state index contributed by atoms with van der Waals surface area (Å²) in [6.45, 7) is 4.91. The fourth-order valence-electron chi connectivity index (χ4n) is 1.87. The van der Waals surface area contributed by atoms with E-state index in [1.54, 1.807) is 14.0 Å². The van der Waals surface area contributed by atoms with E-state index in [1.165, 1.54) is 0 Å². The molecular weight excluding hydrogens is 268 g/mol. The summed E-state index contributed by atoms with van der Waals surface area (Å²) >= 11 is 0. The number of methoxy groups -OCH3 is 1. The van der Waals surface area contributed by atoms with Crippen molar-refractivity contribution in [2.45, 2.75) is 31.9 Å². The molecule has 0 saturated carbocycles. The Hall–Kier alpha value is -1.61. The summed E-state index contributed by atoms with van der Waals surface area (Å²) in [6, 6.07) is 9.64. The number of nitrogens with one attached hydrogen (secondary N) is 1. The molecular formula is C16H24N2O3. The highest BCUT2D eigenvalue weighted by atomic mass is 16.5. The first-order valence-corrected chi connectivity index (χ1v) is 7.03. The Balaban J connectivity index is 2.48. The monoisotopic (exact) mass is 292 g/mol. The molecule has 1 aromatic carbocycles. The molecule has 0 aliphatic carbocycles. The second-order valence-electron chi connectivity index (χ2n) is 5.36. The van der Waals surface area contributed by atoms with Gasteiger partial charge < -0.3 is 19.9 Å². The van der Waals surface area contributed by atoms with E-state index in [0.29, 0.717) is 25.3 Å². The SMILES string of the molecule is COCCC(C)(O)CNC(C)c1ccc(OCC#N)cc1. The van der Waals surface area contributed by atoms with Crippen molar-refractivity contribution < 1.29 is 14.6 Å². The van der Waals surface area contributed by atoms with Crippen LogP contribution in [-0.4, -0.2) is 37.6 Å². The molecule has 0 fully saturated rings. The Bertz CT molecular complexity index is 452. The van der Waals surface area contributed by atoms with Crippen molar-refractivity contribution in [2.75, 3.05) is 26.9 Å². The zero-order valence-corrected chi connectivity index (χ0v) is 12.9. The minimum absolute atomic E-state index is 0.0511. The van der Waals surface area contributed by atoms with Gasteiger partial charge in [-0.15, -0.1) is 0 Å². The van der Waals surface area contributed by atoms with Crippen LogP contribution in [0.5, 0.6) is 5.75 Å². The molecule has 2 atom stereocenters. The van der Waals surface area contributed by atoms with E-state index in [0.717, 1.165) is 5.56 Å². The van der Waals surface area contributed by atoms with Crippen molar-refractivity contribution in [2.24, 2.45) is 0 Å². The quantitative estimate of drug-likeness (QED) is 0.728. The topological polar surface area (TPSA) is 74.5 Å². The van der Waals surface area contributed by atoms with Crippen LogP contribution in [0.4, 0.5) is 0 Å². The molecule has 1 rings (SSSR count). The number of ether oxygens (including phenoxy) is 2. The Morgan fingerprint density at radius 1 is 1.38 bits per heavy atom. The standard InChI is InChI=1S/C16H24N2O3/c1-13(18-12-16(2,19)8-10-20-3)14-4-6-15(7-5-14)21-11-9-17/h4-7,13,18-19H,8,10-12H2,1-3H3. The van der Waals surface area contributed by atoms with Gasteiger partial charge >= 0.3 is 0 Å². The van der Waals surface area contributed by atoms with Crippen molar-refractivity contribution in [1.29, 1.82) is 5.26 Å². The second kappa shape index (κ2) is 8.63. The van der Waals surface area contributed by atoms with Crippen molar-refractivity contribution >= 4 is 0 Å². The van der Waals surface area contributed by atoms with Crippen LogP contribution in [0.1, 0.15) is 31.9 Å². The normalized spacial score (nSPS) is 15.0. The maximum atomic E-state index is 10.2. The molecule has 2 unspecified atom stereocenters. The van der Waals surface area contributed by atoms with Crippen molar-refractivity contribution in [3.8, 4) is 11.8 Å². The average molecular weight is 292 g/mol. The van der Waals surface area contributed by atoms with Crippen LogP contribution >= 0.6 is 0 Å². The van der Waals surface area contributed by atoms with Crippen LogP contribution in [0.25, 0.3) is 0 Å². The van der Waals surface area contributed by atoms with Crippen LogP contribution < -0.4 is 10.1 Å². The third-order valence-corrected chi connectivity index (χ3v) is 3.32. The van der Waals surface area contributed by atoms with Gasteiger partial charge in [0, 0.05) is 32.7 Å². The van der Waals surface area contributed by atoms with Gasteiger partial charge in [-0.2, -0.15) is 5.26 Å². The molecule has 0 amide bonds. The van der Waals surface area contributed by atoms with E-state index >= 15 is 0 Å². The molecule has 1 aromatic rings. The summed E-state index contributed by atoms with van der Waals surface area (Å²) in [4.78, 5) is 0. The molecule has 0 heterocycles. The number of rotatable bonds is 9. The molecule has 116 valence electrons. The van der Waals surface area contributed by atoms with Crippen LogP contribution in [0.15, 0.2) is 24.3 Å². The van der Waals surface area contributed by atoms with Gasteiger partial charge in [0.2, 0.25) is 0 Å². The van der Waals surface area contributed by atoms with Crippen molar-refractivity contribution in [1.82, 2.24) is 5.32 Å². The summed E-state index contributed by atoms with van der Waals surface area (Å²) in [5.41, 5.74) is 0.307. The number of nitrogens with zero attached hydrogens (tertiary/aromatic N) is 1. The van der Waals surface area contributed by atoms with Gasteiger partial charge in [-0.05, 0) is 31.5 Å². The summed E-state index contributed by atoms with van der Waals surface area (Å²) in [5, 5.41) is 22.0. The molecule has 0 aliphatic heterocycles. The van der Waals surface area contributed by atoms with Crippen LogP contribution in [0, 0.1) is 11.3 Å². The van der Waals surface area contributed by atoms with Crippen LogP contribution in [-0.2, 0) is 4.74 Å². The molecule has 0 aliphatic rings. The zero-order chi connectivity index (χ0) is 15.7. The molecule has 0 radical (unpaired) electrons. The molecule has 21 heavy (non-hydrogen) atoms. The molecule has 0 saturated heterocycles. The van der Waals surface area contributed by atoms with Gasteiger partial charge in [0.15, 0.2) is 6.61 Å². The molecule has 2 N–H and O–H groups in total. The first-order chi connectivity index (χ1) is 9.98. The Morgan fingerprint density at radius 3 is 2.62 bits per heavy atom. The minimum Gasteiger partial charge on any atom is -0.479 e. The highest BCUT2D eigenvalue weighted by molar-refractivity contribution is 5.29. The Morgan fingerprint density at radius 2 is 2.05 bits per heavy atom. The van der Waals surface area contributed by atoms with E-state index in [9.17, 15) is 5.11 Å². The lowest BCUT2D eigenvalue weighted by Gasteiger charge is -2.26. The summed E-state index contributed by atoms with van der Waals surface area (Å²) < 4.78 is 10.2. The average Bonchev–Trinajstić information content (AvgIpc) is 2.49. The largest absolute Gasteiger partial charge is 0.479 e. The lowest BCUT2D eigenvalue weighted by molar-refractivity contribution is 0.0231. The Labute approximate surface area is 126 Å². The maximum absolute atomic E-state index is 10.2. The van der Waals surface area contributed by atoms with Crippen LogP contribution in [0.2, 0.25) is 0 Å². The van der Waals surface area contributed by atoms with Gasteiger partial charge in [-0.25, -0.2) is 0 Å². The molecule has 0 spiro atoms. The van der Waals surface area contributed by atoms with E-state index in [2.05, 4.69) is 5.32 Å².